The second-order valence-corrected chi connectivity index (χ2v) is 12.2. The van der Waals surface area contributed by atoms with Crippen LogP contribution in [0.25, 0.3) is 22.5 Å². The second kappa shape index (κ2) is 11.0. The molecule has 0 spiro atoms. The van der Waals surface area contributed by atoms with Crippen molar-refractivity contribution < 1.29 is 14.1 Å². The molecule has 2 atom stereocenters. The fourth-order valence-electron chi connectivity index (χ4n) is 6.00. The largest absolute Gasteiger partial charge is 0.342 e. The molecular weight excluding hydrogens is 512 g/mol. The third kappa shape index (κ3) is 5.94. The van der Waals surface area contributed by atoms with Crippen molar-refractivity contribution in [2.45, 2.75) is 64.5 Å². The first-order valence-electron chi connectivity index (χ1n) is 14.4. The summed E-state index contributed by atoms with van der Waals surface area (Å²) in [6.45, 7) is 7.14. The smallest absolute Gasteiger partial charge is 0.318 e. The van der Waals surface area contributed by atoms with Gasteiger partial charge in [-0.1, -0.05) is 65.8 Å². The fourth-order valence-corrected chi connectivity index (χ4v) is 6.00. The number of hydrogen-bond donors (Lipinski definition) is 1. The number of aromatic nitrogens is 2. The number of benzene rings is 3. The molecule has 1 N–H and O–H groups in total. The molecule has 1 aromatic heterocycles. The van der Waals surface area contributed by atoms with Crippen molar-refractivity contribution in [3.05, 3.63) is 95.4 Å². The number of aryl methyl sites for hydroxylation is 1. The lowest BCUT2D eigenvalue weighted by Crippen LogP contribution is -2.50. The Labute approximate surface area is 241 Å². The third-order valence-electron chi connectivity index (χ3n) is 8.14. The van der Waals surface area contributed by atoms with E-state index in [2.05, 4.69) is 51.9 Å². The number of ketones is 1. The predicted molar refractivity (Wildman–Crippen MR) is 158 cm³/mol. The van der Waals surface area contributed by atoms with E-state index in [1.807, 2.05) is 56.0 Å². The van der Waals surface area contributed by atoms with Gasteiger partial charge in [0.1, 0.15) is 5.78 Å². The minimum Gasteiger partial charge on any atom is -0.342 e. The molecule has 0 bridgehead atoms. The van der Waals surface area contributed by atoms with Crippen molar-refractivity contribution in [3.63, 3.8) is 0 Å². The van der Waals surface area contributed by atoms with Crippen molar-refractivity contribution in [1.82, 2.24) is 20.4 Å². The summed E-state index contributed by atoms with van der Waals surface area (Å²) in [4.78, 5) is 32.4. The highest BCUT2D eigenvalue weighted by Gasteiger charge is 2.43. The molecule has 7 heteroatoms. The Bertz CT molecular complexity index is 1560. The van der Waals surface area contributed by atoms with Crippen LogP contribution in [0.2, 0.25) is 0 Å². The highest BCUT2D eigenvalue weighted by atomic mass is 16.5. The lowest BCUT2D eigenvalue weighted by atomic mass is 9.85. The van der Waals surface area contributed by atoms with E-state index in [4.69, 9.17) is 4.52 Å². The maximum atomic E-state index is 13.2. The number of nitrogens with zero attached hydrogens (tertiary/aromatic N) is 3. The first-order chi connectivity index (χ1) is 19.8. The Kier molecular flexibility index (Phi) is 7.20. The van der Waals surface area contributed by atoms with Crippen LogP contribution in [0.3, 0.4) is 0 Å². The molecule has 1 aliphatic carbocycles. The number of urea groups is 1. The average molecular weight is 549 g/mol. The van der Waals surface area contributed by atoms with Gasteiger partial charge in [-0.3, -0.25) is 4.79 Å². The van der Waals surface area contributed by atoms with Crippen LogP contribution in [0.15, 0.2) is 77.6 Å². The van der Waals surface area contributed by atoms with Gasteiger partial charge >= 0.3 is 6.03 Å². The lowest BCUT2D eigenvalue weighted by molar-refractivity contribution is -0.120. The van der Waals surface area contributed by atoms with E-state index in [9.17, 15) is 9.59 Å². The first-order valence-corrected chi connectivity index (χ1v) is 14.4. The molecule has 210 valence electrons. The van der Waals surface area contributed by atoms with Gasteiger partial charge in [0.25, 0.3) is 0 Å². The van der Waals surface area contributed by atoms with E-state index >= 15 is 0 Å². The van der Waals surface area contributed by atoms with E-state index in [1.165, 1.54) is 17.5 Å². The van der Waals surface area contributed by atoms with Crippen LogP contribution in [0.5, 0.6) is 0 Å². The normalized spacial score (nSPS) is 18.1. The van der Waals surface area contributed by atoms with Crippen LogP contribution < -0.4 is 5.32 Å². The minimum absolute atomic E-state index is 0.0571. The van der Waals surface area contributed by atoms with Gasteiger partial charge in [-0.2, -0.15) is 4.98 Å². The zero-order valence-electron chi connectivity index (χ0n) is 23.9. The van der Waals surface area contributed by atoms with Crippen LogP contribution in [0.4, 0.5) is 4.79 Å². The Morgan fingerprint density at radius 1 is 1.00 bits per heavy atom. The van der Waals surface area contributed by atoms with Crippen LogP contribution >= 0.6 is 0 Å². The van der Waals surface area contributed by atoms with Crippen LogP contribution in [0, 0.1) is 5.92 Å². The highest BCUT2D eigenvalue weighted by molar-refractivity contribution is 5.85. The Balaban J connectivity index is 1.27. The summed E-state index contributed by atoms with van der Waals surface area (Å²) < 4.78 is 4.96. The van der Waals surface area contributed by atoms with Gasteiger partial charge < -0.3 is 14.7 Å². The van der Waals surface area contributed by atoms with E-state index in [0.29, 0.717) is 43.5 Å². The van der Waals surface area contributed by atoms with Crippen molar-refractivity contribution in [2.24, 2.45) is 5.92 Å². The molecule has 1 aliphatic heterocycles. The zero-order chi connectivity index (χ0) is 28.6. The minimum atomic E-state index is -0.316. The molecule has 41 heavy (non-hydrogen) atoms. The number of nitrogens with one attached hydrogen (secondary N) is 1. The number of rotatable bonds is 7. The molecule has 2 amide bonds. The molecule has 4 aromatic rings. The first kappa shape index (κ1) is 26.9. The van der Waals surface area contributed by atoms with Gasteiger partial charge in [-0.25, -0.2) is 4.79 Å². The topological polar surface area (TPSA) is 88.3 Å². The van der Waals surface area contributed by atoms with Crippen LogP contribution in [-0.4, -0.2) is 38.9 Å². The van der Waals surface area contributed by atoms with Gasteiger partial charge in [-0.05, 0) is 85.4 Å². The molecule has 1 saturated carbocycles. The summed E-state index contributed by atoms with van der Waals surface area (Å²) in [5.41, 5.74) is 7.60. The zero-order valence-corrected chi connectivity index (χ0v) is 23.9. The van der Waals surface area contributed by atoms with Gasteiger partial charge in [0.2, 0.25) is 12.2 Å². The molecule has 0 saturated heterocycles. The van der Waals surface area contributed by atoms with Gasteiger partial charge in [0.15, 0.2) is 0 Å². The molecule has 2 heterocycles. The monoisotopic (exact) mass is 548 g/mol. The van der Waals surface area contributed by atoms with E-state index in [0.717, 1.165) is 40.7 Å². The molecule has 6 rings (SSSR count). The maximum Gasteiger partial charge on any atom is 0.318 e. The van der Waals surface area contributed by atoms with Gasteiger partial charge in [-0.15, -0.1) is 0 Å². The molecule has 7 nitrogen and oxygen atoms in total. The quantitative estimate of drug-likeness (QED) is 0.282. The van der Waals surface area contributed by atoms with E-state index in [-0.39, 0.29) is 17.5 Å². The van der Waals surface area contributed by atoms with Crippen molar-refractivity contribution >= 4 is 11.8 Å². The fraction of sp³-hybridized carbons (Fsp3) is 0.353. The second-order valence-electron chi connectivity index (χ2n) is 12.2. The Hall–Kier alpha value is -4.26. The van der Waals surface area contributed by atoms with Crippen molar-refractivity contribution in [1.29, 1.82) is 0 Å². The average Bonchev–Trinajstić information content (AvgIpc) is 3.59. The molecule has 0 radical (unpaired) electrons. The number of hydrogen-bond acceptors (Lipinski definition) is 5. The Morgan fingerprint density at radius 2 is 1.80 bits per heavy atom. The molecule has 3 aromatic carbocycles. The summed E-state index contributed by atoms with van der Waals surface area (Å²) in [5, 5.41) is 7.11. The summed E-state index contributed by atoms with van der Waals surface area (Å²) in [6, 6.07) is 22.8. The van der Waals surface area contributed by atoms with Gasteiger partial charge in [0.05, 0.1) is 0 Å². The molecule has 1 unspecified atom stereocenters. The van der Waals surface area contributed by atoms with Crippen molar-refractivity contribution in [3.8, 4) is 22.5 Å². The lowest BCUT2D eigenvalue weighted by Gasteiger charge is -2.34. The maximum absolute atomic E-state index is 13.2. The number of carbonyl (C=O) groups is 2. The predicted octanol–water partition coefficient (Wildman–Crippen LogP) is 6.58. The van der Waals surface area contributed by atoms with Crippen LogP contribution in [0.1, 0.15) is 61.8 Å². The van der Waals surface area contributed by atoms with E-state index in [1.54, 1.807) is 0 Å². The Morgan fingerprint density at radius 3 is 2.56 bits per heavy atom. The standard InChI is InChI=1S/C34H36N4O3/c1-34(2,3)36-33(40)38-17-16-27-26(24-10-7-11-25(18-24)32-35-21-41-37-32)14-12-23(30(27)20-38)13-15-31(39)29-19-28(29)22-8-5-4-6-9-22/h4-12,14,18,21,28-29H,13,15-17,19-20H2,1-3H3,(H,36,40)/t28-,29?/m0/s1. The number of Topliss-reactive ketones (excluding diaryl/α,β-unsaturated/α-hetero) is 1. The van der Waals surface area contributed by atoms with Crippen LogP contribution in [-0.2, 0) is 24.2 Å². The van der Waals surface area contributed by atoms with Crippen molar-refractivity contribution in [2.75, 3.05) is 6.54 Å². The molecular formula is C34H36N4O3. The summed E-state index contributed by atoms with van der Waals surface area (Å²) in [7, 11) is 0. The number of carbonyl (C=O) groups excluding carboxylic acids is 2. The number of fused-ring (bicyclic) bond motifs is 1. The summed E-state index contributed by atoms with van der Waals surface area (Å²) in [6.07, 6.45) is 4.21. The summed E-state index contributed by atoms with van der Waals surface area (Å²) in [5.74, 6) is 1.36. The SMILES string of the molecule is CC(C)(C)NC(=O)N1CCc2c(-c3cccc(-c4ncon4)c3)ccc(CCC(=O)C3C[C@H]3c3ccccc3)c2C1. The van der Waals surface area contributed by atoms with E-state index < -0.39 is 0 Å². The number of amides is 2. The molecule has 2 aliphatic rings. The highest BCUT2D eigenvalue weighted by Crippen LogP contribution is 2.48. The molecule has 1 fully saturated rings. The van der Waals surface area contributed by atoms with Gasteiger partial charge in [0, 0.05) is 36.5 Å². The third-order valence-corrected chi connectivity index (χ3v) is 8.14. The summed E-state index contributed by atoms with van der Waals surface area (Å²) >= 11 is 0.